The number of carboxylic acid groups (broad SMARTS) is 1. The topological polar surface area (TPSA) is 63.6 Å². The molecule has 0 radical (unpaired) electrons. The van der Waals surface area contributed by atoms with E-state index in [1.165, 1.54) is 19.2 Å². The van der Waals surface area contributed by atoms with Gasteiger partial charge in [-0.25, -0.2) is 4.79 Å². The Labute approximate surface area is 81.1 Å². The molecular formula is C10H10O4. The average molecular weight is 194 g/mol. The number of carbonyl (C=O) groups is 2. The average Bonchev–Trinajstić information content (AvgIpc) is 2.17. The van der Waals surface area contributed by atoms with Crippen molar-refractivity contribution in [2.24, 2.45) is 0 Å². The van der Waals surface area contributed by atoms with Crippen LogP contribution in [-0.4, -0.2) is 24.5 Å². The summed E-state index contributed by atoms with van der Waals surface area (Å²) in [5.41, 5.74) is 1.13. The largest absolute Gasteiger partial charge is 0.496 e. The van der Waals surface area contributed by atoms with Crippen LogP contribution in [0.25, 0.3) is 0 Å². The van der Waals surface area contributed by atoms with E-state index in [0.717, 1.165) is 0 Å². The Hall–Kier alpha value is -1.84. The molecule has 0 aliphatic heterocycles. The fourth-order valence-electron chi connectivity index (χ4n) is 1.17. The number of aldehydes is 1. The van der Waals surface area contributed by atoms with E-state index in [1.54, 1.807) is 6.92 Å². The SMILES string of the molecule is COc1cc(C=O)c(C)cc1C(=O)O. The molecule has 0 fully saturated rings. The second-order valence-corrected chi connectivity index (χ2v) is 2.83. The van der Waals surface area contributed by atoms with E-state index in [4.69, 9.17) is 9.84 Å². The number of benzene rings is 1. The molecule has 0 saturated heterocycles. The van der Waals surface area contributed by atoms with Gasteiger partial charge in [0.25, 0.3) is 0 Å². The van der Waals surface area contributed by atoms with E-state index >= 15 is 0 Å². The van der Waals surface area contributed by atoms with Crippen molar-refractivity contribution >= 4 is 12.3 Å². The number of carbonyl (C=O) groups excluding carboxylic acids is 1. The van der Waals surface area contributed by atoms with Gasteiger partial charge in [0.15, 0.2) is 0 Å². The summed E-state index contributed by atoms with van der Waals surface area (Å²) >= 11 is 0. The van der Waals surface area contributed by atoms with E-state index in [1.807, 2.05) is 0 Å². The predicted molar refractivity (Wildman–Crippen MR) is 50.1 cm³/mol. The Balaban J connectivity index is 3.38. The summed E-state index contributed by atoms with van der Waals surface area (Å²) in [7, 11) is 1.37. The molecule has 0 heterocycles. The van der Waals surface area contributed by atoms with Crippen LogP contribution in [-0.2, 0) is 0 Å². The van der Waals surface area contributed by atoms with Gasteiger partial charge in [-0.3, -0.25) is 4.79 Å². The number of hydrogen-bond donors (Lipinski definition) is 1. The molecule has 0 spiro atoms. The molecule has 0 aromatic heterocycles. The first-order valence-corrected chi connectivity index (χ1v) is 3.97. The Morgan fingerprint density at radius 3 is 2.57 bits per heavy atom. The molecule has 0 bridgehead atoms. The maximum Gasteiger partial charge on any atom is 0.339 e. The fourth-order valence-corrected chi connectivity index (χ4v) is 1.17. The number of hydrogen-bond acceptors (Lipinski definition) is 3. The van der Waals surface area contributed by atoms with Gasteiger partial charge in [-0.2, -0.15) is 0 Å². The molecule has 0 unspecified atom stereocenters. The van der Waals surface area contributed by atoms with Crippen molar-refractivity contribution in [2.75, 3.05) is 7.11 Å². The van der Waals surface area contributed by atoms with E-state index in [-0.39, 0.29) is 11.3 Å². The summed E-state index contributed by atoms with van der Waals surface area (Å²) in [4.78, 5) is 21.3. The van der Waals surface area contributed by atoms with Crippen LogP contribution in [0.1, 0.15) is 26.3 Å². The molecule has 0 amide bonds. The molecule has 74 valence electrons. The number of carboxylic acids is 1. The second kappa shape index (κ2) is 3.91. The zero-order valence-corrected chi connectivity index (χ0v) is 7.90. The molecule has 0 atom stereocenters. The molecule has 4 nitrogen and oxygen atoms in total. The van der Waals surface area contributed by atoms with Crippen molar-refractivity contribution in [2.45, 2.75) is 6.92 Å². The Bertz CT molecular complexity index is 382. The third-order valence-electron chi connectivity index (χ3n) is 1.95. The Morgan fingerprint density at radius 1 is 1.50 bits per heavy atom. The molecule has 14 heavy (non-hydrogen) atoms. The minimum absolute atomic E-state index is 0.0654. The number of rotatable bonds is 3. The first-order valence-electron chi connectivity index (χ1n) is 3.97. The third-order valence-corrected chi connectivity index (χ3v) is 1.95. The minimum Gasteiger partial charge on any atom is -0.496 e. The van der Waals surface area contributed by atoms with Gasteiger partial charge in [-0.15, -0.1) is 0 Å². The molecule has 1 aromatic rings. The first-order chi connectivity index (χ1) is 6.60. The highest BCUT2D eigenvalue weighted by Gasteiger charge is 2.13. The highest BCUT2D eigenvalue weighted by molar-refractivity contribution is 5.93. The number of aryl methyl sites for hydroxylation is 1. The van der Waals surface area contributed by atoms with E-state index in [2.05, 4.69) is 0 Å². The third kappa shape index (κ3) is 1.74. The molecule has 4 heteroatoms. The van der Waals surface area contributed by atoms with Crippen molar-refractivity contribution in [1.82, 2.24) is 0 Å². The van der Waals surface area contributed by atoms with Gasteiger partial charge in [-0.1, -0.05) is 0 Å². The molecule has 0 aliphatic carbocycles. The predicted octanol–water partition coefficient (Wildman–Crippen LogP) is 1.51. The van der Waals surface area contributed by atoms with Crippen LogP contribution in [0.5, 0.6) is 5.75 Å². The van der Waals surface area contributed by atoms with Crippen molar-refractivity contribution in [3.8, 4) is 5.75 Å². The lowest BCUT2D eigenvalue weighted by molar-refractivity contribution is 0.0693. The van der Waals surface area contributed by atoms with Gasteiger partial charge in [0, 0.05) is 5.56 Å². The lowest BCUT2D eigenvalue weighted by atomic mass is 10.0. The number of methoxy groups -OCH3 is 1. The lowest BCUT2D eigenvalue weighted by Crippen LogP contribution is -2.02. The fraction of sp³-hybridized carbons (Fsp3) is 0.200. The highest BCUT2D eigenvalue weighted by atomic mass is 16.5. The smallest absolute Gasteiger partial charge is 0.339 e. The normalized spacial score (nSPS) is 9.57. The maximum absolute atomic E-state index is 10.8. The molecule has 0 saturated carbocycles. The Morgan fingerprint density at radius 2 is 2.14 bits per heavy atom. The minimum atomic E-state index is -1.07. The van der Waals surface area contributed by atoms with Crippen LogP contribution in [0.2, 0.25) is 0 Å². The van der Waals surface area contributed by atoms with Gasteiger partial charge < -0.3 is 9.84 Å². The number of aromatic carboxylic acids is 1. The van der Waals surface area contributed by atoms with Crippen LogP contribution in [0.4, 0.5) is 0 Å². The second-order valence-electron chi connectivity index (χ2n) is 2.83. The Kier molecular flexibility index (Phi) is 2.86. The first kappa shape index (κ1) is 10.2. The van der Waals surface area contributed by atoms with Gasteiger partial charge in [-0.05, 0) is 24.6 Å². The zero-order valence-electron chi connectivity index (χ0n) is 7.90. The summed E-state index contributed by atoms with van der Waals surface area (Å²) in [5.74, 6) is -0.868. The van der Waals surface area contributed by atoms with Crippen LogP contribution in [0, 0.1) is 6.92 Å². The highest BCUT2D eigenvalue weighted by Crippen LogP contribution is 2.22. The summed E-state index contributed by atoms with van der Waals surface area (Å²) in [6.45, 7) is 1.68. The van der Waals surface area contributed by atoms with Gasteiger partial charge in [0.05, 0.1) is 7.11 Å². The van der Waals surface area contributed by atoms with Crippen LogP contribution in [0.3, 0.4) is 0 Å². The van der Waals surface area contributed by atoms with Crippen molar-refractivity contribution in [3.63, 3.8) is 0 Å². The van der Waals surface area contributed by atoms with Crippen molar-refractivity contribution in [3.05, 3.63) is 28.8 Å². The zero-order chi connectivity index (χ0) is 10.7. The van der Waals surface area contributed by atoms with E-state index in [0.29, 0.717) is 17.4 Å². The van der Waals surface area contributed by atoms with E-state index < -0.39 is 5.97 Å². The van der Waals surface area contributed by atoms with Crippen LogP contribution in [0.15, 0.2) is 12.1 Å². The molecule has 1 N–H and O–H groups in total. The standard InChI is InChI=1S/C10H10O4/c1-6-3-8(10(12)13)9(14-2)4-7(6)5-11/h3-5H,1-2H3,(H,12,13). The van der Waals surface area contributed by atoms with Gasteiger partial charge in [0.1, 0.15) is 17.6 Å². The van der Waals surface area contributed by atoms with Crippen molar-refractivity contribution in [1.29, 1.82) is 0 Å². The molecule has 0 aliphatic rings. The van der Waals surface area contributed by atoms with Crippen LogP contribution >= 0.6 is 0 Å². The van der Waals surface area contributed by atoms with Gasteiger partial charge >= 0.3 is 5.97 Å². The lowest BCUT2D eigenvalue weighted by Gasteiger charge is -2.07. The molecule has 1 rings (SSSR count). The summed E-state index contributed by atoms with van der Waals surface area (Å²) in [6.07, 6.45) is 0.670. The van der Waals surface area contributed by atoms with Crippen LogP contribution < -0.4 is 4.74 Å². The summed E-state index contributed by atoms with van der Waals surface area (Å²) in [6, 6.07) is 2.84. The van der Waals surface area contributed by atoms with E-state index in [9.17, 15) is 9.59 Å². The number of ether oxygens (including phenoxy) is 1. The van der Waals surface area contributed by atoms with Gasteiger partial charge in [0.2, 0.25) is 0 Å². The quantitative estimate of drug-likeness (QED) is 0.741. The van der Waals surface area contributed by atoms with Crippen molar-refractivity contribution < 1.29 is 19.4 Å². The maximum atomic E-state index is 10.8. The molecular weight excluding hydrogens is 184 g/mol. The summed E-state index contributed by atoms with van der Waals surface area (Å²) < 4.78 is 4.86. The summed E-state index contributed by atoms with van der Waals surface area (Å²) in [5, 5.41) is 8.82. The molecule has 1 aromatic carbocycles. The monoisotopic (exact) mass is 194 g/mol.